The Morgan fingerprint density at radius 3 is 2.32 bits per heavy atom. The van der Waals surface area contributed by atoms with Gasteiger partial charge in [-0.15, -0.1) is 0 Å². The molecule has 1 unspecified atom stereocenters. The molecule has 2 N–H and O–H groups in total. The number of halogens is 2. The SMILES string of the molecule is O=C(NC1(C(=O)O)CCOC1)C1CCC(F)(F)CC1. The lowest BCUT2D eigenvalue weighted by Gasteiger charge is -2.30. The monoisotopic (exact) mass is 277 g/mol. The number of amides is 1. The number of rotatable bonds is 3. The average molecular weight is 277 g/mol. The maximum atomic E-state index is 13.0. The molecule has 1 aliphatic heterocycles. The fourth-order valence-electron chi connectivity index (χ4n) is 2.53. The van der Waals surface area contributed by atoms with Gasteiger partial charge in [0.25, 0.3) is 0 Å². The normalized spacial score (nSPS) is 31.1. The molecule has 2 rings (SSSR count). The van der Waals surface area contributed by atoms with E-state index in [9.17, 15) is 23.5 Å². The Morgan fingerprint density at radius 2 is 1.84 bits per heavy atom. The van der Waals surface area contributed by atoms with Gasteiger partial charge in [0, 0.05) is 31.8 Å². The minimum absolute atomic E-state index is 0.0725. The zero-order valence-corrected chi connectivity index (χ0v) is 10.5. The summed E-state index contributed by atoms with van der Waals surface area (Å²) in [6.07, 6.45) is -0.245. The quantitative estimate of drug-likeness (QED) is 0.812. The van der Waals surface area contributed by atoms with Gasteiger partial charge in [0.05, 0.1) is 6.61 Å². The van der Waals surface area contributed by atoms with Crippen molar-refractivity contribution in [1.82, 2.24) is 5.32 Å². The third-order valence-electron chi connectivity index (χ3n) is 3.88. The number of carboxylic acids is 1. The highest BCUT2D eigenvalue weighted by molar-refractivity contribution is 5.88. The first-order chi connectivity index (χ1) is 8.85. The van der Waals surface area contributed by atoms with Crippen molar-refractivity contribution in [2.24, 2.45) is 5.92 Å². The molecular weight excluding hydrogens is 260 g/mol. The topological polar surface area (TPSA) is 75.6 Å². The summed E-state index contributed by atoms with van der Waals surface area (Å²) < 4.78 is 31.0. The predicted octanol–water partition coefficient (Wildman–Crippen LogP) is 1.17. The smallest absolute Gasteiger partial charge is 0.331 e. The van der Waals surface area contributed by atoms with Crippen LogP contribution in [0.4, 0.5) is 8.78 Å². The Balaban J connectivity index is 1.95. The lowest BCUT2D eigenvalue weighted by atomic mass is 9.85. The molecular formula is C12H17F2NO4. The van der Waals surface area contributed by atoms with Gasteiger partial charge in [0.2, 0.25) is 11.8 Å². The minimum atomic E-state index is -2.70. The predicted molar refractivity (Wildman–Crippen MR) is 60.9 cm³/mol. The fourth-order valence-corrected chi connectivity index (χ4v) is 2.53. The molecule has 5 nitrogen and oxygen atoms in total. The Bertz CT molecular complexity index is 370. The van der Waals surface area contributed by atoms with Crippen molar-refractivity contribution in [2.75, 3.05) is 13.2 Å². The molecule has 0 aromatic heterocycles. The Hall–Kier alpha value is -1.24. The van der Waals surface area contributed by atoms with Gasteiger partial charge in [0.1, 0.15) is 0 Å². The van der Waals surface area contributed by atoms with Crippen LogP contribution in [0.15, 0.2) is 0 Å². The maximum Gasteiger partial charge on any atom is 0.331 e. The van der Waals surface area contributed by atoms with Crippen LogP contribution >= 0.6 is 0 Å². The summed E-state index contributed by atoms with van der Waals surface area (Å²) in [5, 5.41) is 11.7. The van der Waals surface area contributed by atoms with E-state index in [0.29, 0.717) is 0 Å². The van der Waals surface area contributed by atoms with Crippen LogP contribution in [-0.2, 0) is 14.3 Å². The van der Waals surface area contributed by atoms with Crippen molar-refractivity contribution < 1.29 is 28.2 Å². The lowest BCUT2D eigenvalue weighted by Crippen LogP contribution is -2.56. The number of alkyl halides is 2. The molecule has 0 spiro atoms. The van der Waals surface area contributed by atoms with Crippen LogP contribution in [0, 0.1) is 5.92 Å². The number of carbonyl (C=O) groups excluding carboxylic acids is 1. The summed E-state index contributed by atoms with van der Waals surface area (Å²) in [4.78, 5) is 23.2. The average Bonchev–Trinajstić information content (AvgIpc) is 2.78. The van der Waals surface area contributed by atoms with Crippen molar-refractivity contribution in [3.8, 4) is 0 Å². The largest absolute Gasteiger partial charge is 0.479 e. The molecule has 0 radical (unpaired) electrons. The van der Waals surface area contributed by atoms with E-state index in [1.165, 1.54) is 0 Å². The van der Waals surface area contributed by atoms with Crippen LogP contribution in [-0.4, -0.2) is 41.7 Å². The second-order valence-corrected chi connectivity index (χ2v) is 5.31. The Kier molecular flexibility index (Phi) is 3.75. The van der Waals surface area contributed by atoms with E-state index < -0.39 is 29.3 Å². The molecule has 19 heavy (non-hydrogen) atoms. The van der Waals surface area contributed by atoms with E-state index in [-0.39, 0.29) is 45.3 Å². The Morgan fingerprint density at radius 1 is 1.21 bits per heavy atom. The van der Waals surface area contributed by atoms with Crippen molar-refractivity contribution in [3.63, 3.8) is 0 Å². The second-order valence-electron chi connectivity index (χ2n) is 5.31. The van der Waals surface area contributed by atoms with Crippen molar-refractivity contribution in [2.45, 2.75) is 43.6 Å². The number of ether oxygens (including phenoxy) is 1. The van der Waals surface area contributed by atoms with Gasteiger partial charge in [-0.2, -0.15) is 0 Å². The number of aliphatic carboxylic acids is 1. The van der Waals surface area contributed by atoms with Crippen LogP contribution in [0.1, 0.15) is 32.1 Å². The molecule has 0 bridgehead atoms. The molecule has 2 fully saturated rings. The Labute approximate surface area is 109 Å². The van der Waals surface area contributed by atoms with Gasteiger partial charge < -0.3 is 15.2 Å². The highest BCUT2D eigenvalue weighted by atomic mass is 19.3. The van der Waals surface area contributed by atoms with Crippen LogP contribution in [0.5, 0.6) is 0 Å². The van der Waals surface area contributed by atoms with E-state index >= 15 is 0 Å². The third kappa shape index (κ3) is 3.02. The molecule has 0 aromatic carbocycles. The number of hydrogen-bond acceptors (Lipinski definition) is 3. The molecule has 1 heterocycles. The molecule has 1 atom stereocenters. The highest BCUT2D eigenvalue weighted by Crippen LogP contribution is 2.36. The van der Waals surface area contributed by atoms with Crippen molar-refractivity contribution >= 4 is 11.9 Å². The van der Waals surface area contributed by atoms with Crippen LogP contribution in [0.25, 0.3) is 0 Å². The van der Waals surface area contributed by atoms with Gasteiger partial charge >= 0.3 is 5.97 Å². The minimum Gasteiger partial charge on any atom is -0.479 e. The zero-order chi connectivity index (χ0) is 14.1. The highest BCUT2D eigenvalue weighted by Gasteiger charge is 2.46. The summed E-state index contributed by atoms with van der Waals surface area (Å²) in [6, 6.07) is 0. The van der Waals surface area contributed by atoms with Crippen LogP contribution in [0.2, 0.25) is 0 Å². The van der Waals surface area contributed by atoms with Crippen molar-refractivity contribution in [1.29, 1.82) is 0 Å². The molecule has 108 valence electrons. The van der Waals surface area contributed by atoms with Gasteiger partial charge in [-0.05, 0) is 12.8 Å². The first-order valence-corrected chi connectivity index (χ1v) is 6.36. The summed E-state index contributed by atoms with van der Waals surface area (Å²) in [6.45, 7) is 0.201. The van der Waals surface area contributed by atoms with E-state index in [4.69, 9.17) is 4.74 Å². The van der Waals surface area contributed by atoms with Gasteiger partial charge in [-0.3, -0.25) is 4.79 Å². The molecule has 2 aliphatic rings. The van der Waals surface area contributed by atoms with Gasteiger partial charge in [-0.25, -0.2) is 13.6 Å². The zero-order valence-electron chi connectivity index (χ0n) is 10.5. The summed E-state index contributed by atoms with van der Waals surface area (Å²) in [5.74, 6) is -4.82. The van der Waals surface area contributed by atoms with Gasteiger partial charge in [-0.1, -0.05) is 0 Å². The maximum absolute atomic E-state index is 13.0. The van der Waals surface area contributed by atoms with Crippen LogP contribution < -0.4 is 5.32 Å². The second kappa shape index (κ2) is 5.03. The molecule has 1 amide bonds. The summed E-state index contributed by atoms with van der Waals surface area (Å²) >= 11 is 0. The number of carboxylic acid groups (broad SMARTS) is 1. The van der Waals surface area contributed by atoms with Crippen LogP contribution in [0.3, 0.4) is 0 Å². The first kappa shape index (κ1) is 14.2. The molecule has 1 aliphatic carbocycles. The molecule has 0 aromatic rings. The van der Waals surface area contributed by atoms with E-state index in [0.717, 1.165) is 0 Å². The molecule has 1 saturated carbocycles. The van der Waals surface area contributed by atoms with E-state index in [1.807, 2.05) is 0 Å². The van der Waals surface area contributed by atoms with Crippen molar-refractivity contribution in [3.05, 3.63) is 0 Å². The third-order valence-corrected chi connectivity index (χ3v) is 3.88. The summed E-state index contributed by atoms with van der Waals surface area (Å²) in [7, 11) is 0. The number of nitrogens with one attached hydrogen (secondary N) is 1. The van der Waals surface area contributed by atoms with Gasteiger partial charge in [0.15, 0.2) is 5.54 Å². The molecule has 1 saturated heterocycles. The summed E-state index contributed by atoms with van der Waals surface area (Å²) in [5.41, 5.74) is -1.39. The standard InChI is InChI=1S/C12H17F2NO4/c13-12(14)3-1-8(2-4-12)9(16)15-11(10(17)18)5-6-19-7-11/h8H,1-7H2,(H,15,16)(H,17,18). The first-order valence-electron chi connectivity index (χ1n) is 6.36. The molecule has 7 heteroatoms. The van der Waals surface area contributed by atoms with E-state index in [1.54, 1.807) is 0 Å². The number of carbonyl (C=O) groups is 2. The van der Waals surface area contributed by atoms with E-state index in [2.05, 4.69) is 5.32 Å². The number of hydrogen-bond donors (Lipinski definition) is 2. The fraction of sp³-hybridized carbons (Fsp3) is 0.833. The lowest BCUT2D eigenvalue weighted by molar-refractivity contribution is -0.149.